The Balaban J connectivity index is 1.90. The van der Waals surface area contributed by atoms with E-state index >= 15 is 0 Å². The van der Waals surface area contributed by atoms with Gasteiger partial charge in [0.1, 0.15) is 5.82 Å². The first-order chi connectivity index (χ1) is 9.29. The number of hydrogen-bond acceptors (Lipinski definition) is 4. The van der Waals surface area contributed by atoms with E-state index in [9.17, 15) is 4.79 Å². The third kappa shape index (κ3) is 1.99. The van der Waals surface area contributed by atoms with Crippen LogP contribution in [0, 0.1) is 0 Å². The summed E-state index contributed by atoms with van der Waals surface area (Å²) in [7, 11) is 1.96. The van der Waals surface area contributed by atoms with Crippen molar-refractivity contribution >= 4 is 18.1 Å². The minimum atomic E-state index is 0.538. The highest BCUT2D eigenvalue weighted by atomic mass is 16.1. The second kappa shape index (κ2) is 4.61. The Labute approximate surface area is 111 Å². The second-order valence-corrected chi connectivity index (χ2v) is 4.32. The first kappa shape index (κ1) is 11.5. The van der Waals surface area contributed by atoms with E-state index in [4.69, 9.17) is 0 Å². The van der Waals surface area contributed by atoms with Gasteiger partial charge in [-0.1, -0.05) is 30.3 Å². The van der Waals surface area contributed by atoms with E-state index in [0.717, 1.165) is 17.2 Å². The fraction of sp³-hybridized carbons (Fsp3) is 0.143. The monoisotopic (exact) mass is 253 g/mol. The molecular formula is C14H13N4O. The maximum Gasteiger partial charge on any atom is 0.315 e. The summed E-state index contributed by atoms with van der Waals surface area (Å²) in [5, 5.41) is 2.46. The number of amides is 1. The molecule has 2 aliphatic rings. The Morgan fingerprint density at radius 1 is 1.32 bits per heavy atom. The molecule has 1 radical (unpaired) electrons. The summed E-state index contributed by atoms with van der Waals surface area (Å²) in [5.74, 6) is 1.34. The van der Waals surface area contributed by atoms with Crippen LogP contribution in [0.1, 0.15) is 5.56 Å². The van der Waals surface area contributed by atoms with Crippen molar-refractivity contribution in [1.29, 1.82) is 0 Å². The molecule has 0 saturated heterocycles. The largest absolute Gasteiger partial charge is 0.315 e. The maximum absolute atomic E-state index is 10.3. The van der Waals surface area contributed by atoms with Crippen LogP contribution in [0.4, 0.5) is 0 Å². The molecule has 0 atom stereocenters. The molecule has 2 aliphatic heterocycles. The molecule has 2 heterocycles. The average Bonchev–Trinajstić information content (AvgIpc) is 2.78. The van der Waals surface area contributed by atoms with Gasteiger partial charge in [0, 0.05) is 19.8 Å². The van der Waals surface area contributed by atoms with E-state index in [1.54, 1.807) is 6.41 Å². The SMILES string of the molecule is CN1C(c2ccccc2)=CN2CC=C(N[C]=O)N=C21. The number of nitrogens with zero attached hydrogens (tertiary/aromatic N) is 3. The maximum atomic E-state index is 10.3. The molecule has 95 valence electrons. The molecule has 0 bridgehead atoms. The third-order valence-electron chi connectivity index (χ3n) is 3.15. The molecule has 5 heteroatoms. The molecule has 1 aromatic carbocycles. The highest BCUT2D eigenvalue weighted by Gasteiger charge is 2.28. The van der Waals surface area contributed by atoms with Crippen LogP contribution in [0.15, 0.2) is 53.4 Å². The number of fused-ring (bicyclic) bond motifs is 1. The third-order valence-corrected chi connectivity index (χ3v) is 3.15. The Morgan fingerprint density at radius 3 is 2.84 bits per heavy atom. The highest BCUT2D eigenvalue weighted by Crippen LogP contribution is 2.27. The summed E-state index contributed by atoms with van der Waals surface area (Å²) in [4.78, 5) is 18.8. The van der Waals surface area contributed by atoms with Gasteiger partial charge in [-0.3, -0.25) is 4.79 Å². The lowest BCUT2D eigenvalue weighted by Crippen LogP contribution is -2.35. The normalized spacial score (nSPS) is 17.4. The Morgan fingerprint density at radius 2 is 2.11 bits per heavy atom. The van der Waals surface area contributed by atoms with Crippen LogP contribution in [0.2, 0.25) is 0 Å². The Bertz CT molecular complexity index is 589. The van der Waals surface area contributed by atoms with E-state index in [2.05, 4.69) is 28.6 Å². The zero-order valence-electron chi connectivity index (χ0n) is 10.5. The topological polar surface area (TPSA) is 47.9 Å². The molecule has 1 aromatic rings. The van der Waals surface area contributed by atoms with Gasteiger partial charge in [-0.05, 0) is 11.6 Å². The molecule has 0 saturated carbocycles. The van der Waals surface area contributed by atoms with Crippen LogP contribution in [0.25, 0.3) is 5.70 Å². The van der Waals surface area contributed by atoms with Crippen LogP contribution < -0.4 is 5.32 Å². The number of nitrogens with one attached hydrogen (secondary N) is 1. The molecule has 3 rings (SSSR count). The van der Waals surface area contributed by atoms with Gasteiger partial charge in [-0.15, -0.1) is 0 Å². The summed E-state index contributed by atoms with van der Waals surface area (Å²) < 4.78 is 0. The van der Waals surface area contributed by atoms with Gasteiger partial charge in [0.2, 0.25) is 5.96 Å². The summed E-state index contributed by atoms with van der Waals surface area (Å²) in [6.45, 7) is 0.684. The van der Waals surface area contributed by atoms with Crippen molar-refractivity contribution < 1.29 is 4.79 Å². The minimum Gasteiger partial charge on any atom is -0.313 e. The quantitative estimate of drug-likeness (QED) is 0.821. The smallest absolute Gasteiger partial charge is 0.313 e. The standard InChI is InChI=1S/C14H13N4O/c1-17-12(11-5-3-2-4-6-11)9-18-8-7-13(15-10-19)16-14(17)18/h2-7,9H,8H2,1H3,(H,15,19). The summed E-state index contributed by atoms with van der Waals surface area (Å²) in [6, 6.07) is 10.1. The van der Waals surface area contributed by atoms with E-state index in [1.165, 1.54) is 0 Å². The zero-order valence-corrected chi connectivity index (χ0v) is 10.5. The Kier molecular flexibility index (Phi) is 2.79. The summed E-state index contributed by atoms with van der Waals surface area (Å²) in [6.07, 6.45) is 5.56. The lowest BCUT2D eigenvalue weighted by atomic mass is 10.1. The lowest BCUT2D eigenvalue weighted by Gasteiger charge is -2.24. The molecule has 0 spiro atoms. The van der Waals surface area contributed by atoms with Crippen LogP contribution in [-0.2, 0) is 4.79 Å². The van der Waals surface area contributed by atoms with Crippen LogP contribution in [-0.4, -0.2) is 35.8 Å². The van der Waals surface area contributed by atoms with Gasteiger partial charge in [0.15, 0.2) is 0 Å². The zero-order chi connectivity index (χ0) is 13.2. The van der Waals surface area contributed by atoms with Crippen molar-refractivity contribution in [2.45, 2.75) is 0 Å². The molecule has 0 aromatic heterocycles. The van der Waals surface area contributed by atoms with Crippen molar-refractivity contribution in [1.82, 2.24) is 15.1 Å². The van der Waals surface area contributed by atoms with Crippen LogP contribution in [0.5, 0.6) is 0 Å². The molecule has 1 N–H and O–H groups in total. The molecular weight excluding hydrogens is 240 g/mol. The second-order valence-electron chi connectivity index (χ2n) is 4.32. The fourth-order valence-corrected chi connectivity index (χ4v) is 2.21. The van der Waals surface area contributed by atoms with Gasteiger partial charge >= 0.3 is 6.41 Å². The lowest BCUT2D eigenvalue weighted by molar-refractivity contribution is 0.539. The number of guanidine groups is 1. The molecule has 0 unspecified atom stereocenters. The molecule has 5 nitrogen and oxygen atoms in total. The summed E-state index contributed by atoms with van der Waals surface area (Å²) >= 11 is 0. The Hall–Kier alpha value is -2.56. The molecule has 0 aliphatic carbocycles. The fourth-order valence-electron chi connectivity index (χ4n) is 2.21. The molecule has 19 heavy (non-hydrogen) atoms. The van der Waals surface area contributed by atoms with Crippen LogP contribution >= 0.6 is 0 Å². The number of rotatable bonds is 3. The van der Waals surface area contributed by atoms with E-state index in [0.29, 0.717) is 12.4 Å². The van der Waals surface area contributed by atoms with Gasteiger partial charge in [-0.2, -0.15) is 4.99 Å². The molecule has 1 amide bonds. The van der Waals surface area contributed by atoms with Crippen LogP contribution in [0.3, 0.4) is 0 Å². The van der Waals surface area contributed by atoms with E-state index < -0.39 is 0 Å². The summed E-state index contributed by atoms with van der Waals surface area (Å²) in [5.41, 5.74) is 2.22. The van der Waals surface area contributed by atoms with Crippen molar-refractivity contribution in [3.63, 3.8) is 0 Å². The average molecular weight is 253 g/mol. The minimum absolute atomic E-state index is 0.538. The number of aliphatic imine (C=N–C) groups is 1. The predicted molar refractivity (Wildman–Crippen MR) is 73.2 cm³/mol. The molecule has 0 fully saturated rings. The van der Waals surface area contributed by atoms with E-state index in [-0.39, 0.29) is 0 Å². The van der Waals surface area contributed by atoms with Crippen molar-refractivity contribution in [3.8, 4) is 0 Å². The van der Waals surface area contributed by atoms with E-state index in [1.807, 2.05) is 41.1 Å². The number of benzene rings is 1. The highest BCUT2D eigenvalue weighted by molar-refractivity contribution is 5.96. The number of carbonyl (C=O) groups excluding carboxylic acids is 1. The van der Waals surface area contributed by atoms with Gasteiger partial charge < -0.3 is 15.1 Å². The first-order valence-corrected chi connectivity index (χ1v) is 5.99. The first-order valence-electron chi connectivity index (χ1n) is 5.99. The van der Waals surface area contributed by atoms with Gasteiger partial charge in [0.25, 0.3) is 0 Å². The predicted octanol–water partition coefficient (Wildman–Crippen LogP) is 1.10. The van der Waals surface area contributed by atoms with Crippen molar-refractivity contribution in [3.05, 3.63) is 54.0 Å². The van der Waals surface area contributed by atoms with Crippen molar-refractivity contribution in [2.24, 2.45) is 4.99 Å². The van der Waals surface area contributed by atoms with Gasteiger partial charge in [-0.25, -0.2) is 0 Å². The van der Waals surface area contributed by atoms with Gasteiger partial charge in [0.05, 0.1) is 5.70 Å². The number of hydrogen-bond donors (Lipinski definition) is 1. The van der Waals surface area contributed by atoms with Crippen molar-refractivity contribution in [2.75, 3.05) is 13.6 Å².